The maximum Gasteiger partial charge on any atom is 0.322 e. The number of nitrogens with zero attached hydrogens (tertiary/aromatic N) is 1. The molecule has 17 heavy (non-hydrogen) atoms. The fourth-order valence-corrected chi connectivity index (χ4v) is 1.73. The van der Waals surface area contributed by atoms with Gasteiger partial charge in [0.2, 0.25) is 0 Å². The molecule has 1 rings (SSSR count). The van der Waals surface area contributed by atoms with Gasteiger partial charge in [-0.05, 0) is 38.6 Å². The number of hydrogen-bond donors (Lipinski definition) is 1. The number of ether oxygens (including phenoxy) is 1. The Hall–Kier alpha value is -1.55. The summed E-state index contributed by atoms with van der Waals surface area (Å²) >= 11 is 0. The molecule has 2 atom stereocenters. The summed E-state index contributed by atoms with van der Waals surface area (Å²) in [5.74, 6) is -0.233. The normalized spacial score (nSPS) is 14.4. The summed E-state index contributed by atoms with van der Waals surface area (Å²) in [4.78, 5) is 13.4. The van der Waals surface area contributed by atoms with E-state index in [2.05, 4.69) is 0 Å². The van der Waals surface area contributed by atoms with Crippen molar-refractivity contribution >= 4 is 11.7 Å². The Bertz CT molecular complexity index is 393. The van der Waals surface area contributed by atoms with E-state index < -0.39 is 0 Å². The van der Waals surface area contributed by atoms with Gasteiger partial charge in [0.25, 0.3) is 0 Å². The molecule has 0 spiro atoms. The molecule has 2 unspecified atom stereocenters. The van der Waals surface area contributed by atoms with Gasteiger partial charge in [-0.1, -0.05) is 12.1 Å². The van der Waals surface area contributed by atoms with Crippen LogP contribution in [0.3, 0.4) is 0 Å². The molecular weight excluding hydrogens is 216 g/mol. The molecule has 0 aliphatic rings. The minimum Gasteiger partial charge on any atom is -0.468 e. The van der Waals surface area contributed by atoms with Gasteiger partial charge in [0.1, 0.15) is 6.04 Å². The fraction of sp³-hybridized carbons (Fsp3) is 0.462. The van der Waals surface area contributed by atoms with Crippen LogP contribution >= 0.6 is 0 Å². The molecule has 0 heterocycles. The first-order valence-corrected chi connectivity index (χ1v) is 5.62. The standard InChI is InChI=1S/C13H20N2O2/c1-9(11-6-5-7-12(14)8-11)15(3)10(2)13(16)17-4/h5-10H,14H2,1-4H3. The number of nitrogen functional groups attached to an aromatic ring is 1. The molecule has 1 aromatic carbocycles. The van der Waals surface area contributed by atoms with Crippen molar-refractivity contribution in [1.82, 2.24) is 4.90 Å². The van der Waals surface area contributed by atoms with Gasteiger partial charge < -0.3 is 10.5 Å². The fourth-order valence-electron chi connectivity index (χ4n) is 1.73. The van der Waals surface area contributed by atoms with E-state index in [1.807, 2.05) is 50.1 Å². The number of hydrogen-bond acceptors (Lipinski definition) is 4. The molecule has 0 saturated carbocycles. The Labute approximate surface area is 102 Å². The number of benzene rings is 1. The smallest absolute Gasteiger partial charge is 0.322 e. The summed E-state index contributed by atoms with van der Waals surface area (Å²) in [5.41, 5.74) is 7.56. The molecule has 4 heteroatoms. The zero-order valence-corrected chi connectivity index (χ0v) is 10.8. The minimum absolute atomic E-state index is 0.104. The van der Waals surface area contributed by atoms with Gasteiger partial charge in [-0.25, -0.2) is 0 Å². The van der Waals surface area contributed by atoms with Gasteiger partial charge in [0.05, 0.1) is 7.11 Å². The third-order valence-electron chi connectivity index (χ3n) is 3.16. The third kappa shape index (κ3) is 3.20. The van der Waals surface area contributed by atoms with Crippen molar-refractivity contribution in [2.24, 2.45) is 0 Å². The second-order valence-corrected chi connectivity index (χ2v) is 4.21. The van der Waals surface area contributed by atoms with Crippen molar-refractivity contribution in [2.75, 3.05) is 19.9 Å². The summed E-state index contributed by atoms with van der Waals surface area (Å²) in [6, 6.07) is 7.51. The van der Waals surface area contributed by atoms with Crippen LogP contribution in [-0.4, -0.2) is 31.1 Å². The molecule has 0 aliphatic carbocycles. The van der Waals surface area contributed by atoms with E-state index in [1.54, 1.807) is 0 Å². The van der Waals surface area contributed by atoms with E-state index in [4.69, 9.17) is 10.5 Å². The zero-order valence-electron chi connectivity index (χ0n) is 10.8. The Morgan fingerprint density at radius 3 is 2.59 bits per heavy atom. The van der Waals surface area contributed by atoms with E-state index in [0.717, 1.165) is 11.3 Å². The molecule has 0 radical (unpaired) electrons. The number of nitrogens with two attached hydrogens (primary N) is 1. The zero-order chi connectivity index (χ0) is 13.0. The van der Waals surface area contributed by atoms with Crippen molar-refractivity contribution in [3.8, 4) is 0 Å². The lowest BCUT2D eigenvalue weighted by atomic mass is 10.1. The molecular formula is C13H20N2O2. The van der Waals surface area contributed by atoms with Crippen LogP contribution in [0.25, 0.3) is 0 Å². The number of methoxy groups -OCH3 is 1. The molecule has 0 aromatic heterocycles. The molecule has 94 valence electrons. The lowest BCUT2D eigenvalue weighted by molar-refractivity contribution is -0.146. The first-order valence-electron chi connectivity index (χ1n) is 5.62. The van der Waals surface area contributed by atoms with Crippen LogP contribution in [-0.2, 0) is 9.53 Å². The van der Waals surface area contributed by atoms with E-state index in [0.29, 0.717) is 0 Å². The first kappa shape index (κ1) is 13.5. The highest BCUT2D eigenvalue weighted by atomic mass is 16.5. The molecule has 1 aromatic rings. The van der Waals surface area contributed by atoms with E-state index in [-0.39, 0.29) is 18.1 Å². The Balaban J connectivity index is 2.82. The van der Waals surface area contributed by atoms with Gasteiger partial charge in [-0.3, -0.25) is 9.69 Å². The van der Waals surface area contributed by atoms with Gasteiger partial charge >= 0.3 is 5.97 Å². The SMILES string of the molecule is COC(=O)C(C)N(C)C(C)c1cccc(N)c1. The van der Waals surface area contributed by atoms with Crippen LogP contribution in [0.2, 0.25) is 0 Å². The Morgan fingerprint density at radius 2 is 2.06 bits per heavy atom. The third-order valence-corrected chi connectivity index (χ3v) is 3.16. The van der Waals surface area contributed by atoms with Gasteiger partial charge in [-0.15, -0.1) is 0 Å². The summed E-state index contributed by atoms with van der Waals surface area (Å²) in [7, 11) is 3.30. The van der Waals surface area contributed by atoms with Crippen molar-refractivity contribution in [3.63, 3.8) is 0 Å². The van der Waals surface area contributed by atoms with Crippen molar-refractivity contribution in [3.05, 3.63) is 29.8 Å². The first-order chi connectivity index (χ1) is 7.97. The minimum atomic E-state index is -0.281. The second kappa shape index (κ2) is 5.68. The summed E-state index contributed by atoms with van der Waals surface area (Å²) in [6.45, 7) is 3.86. The highest BCUT2D eigenvalue weighted by Crippen LogP contribution is 2.22. The predicted molar refractivity (Wildman–Crippen MR) is 68.5 cm³/mol. The largest absolute Gasteiger partial charge is 0.468 e. The Kier molecular flexibility index (Phi) is 4.52. The van der Waals surface area contributed by atoms with Crippen LogP contribution in [0.1, 0.15) is 25.5 Å². The number of rotatable bonds is 4. The summed E-state index contributed by atoms with van der Waals surface area (Å²) in [6.07, 6.45) is 0. The number of esters is 1. The quantitative estimate of drug-likeness (QED) is 0.640. The topological polar surface area (TPSA) is 55.6 Å². The average Bonchev–Trinajstić information content (AvgIpc) is 2.35. The monoisotopic (exact) mass is 236 g/mol. The number of anilines is 1. The highest BCUT2D eigenvalue weighted by molar-refractivity contribution is 5.75. The molecule has 0 bridgehead atoms. The molecule has 4 nitrogen and oxygen atoms in total. The maximum absolute atomic E-state index is 11.5. The summed E-state index contributed by atoms with van der Waals surface area (Å²) in [5, 5.41) is 0. The highest BCUT2D eigenvalue weighted by Gasteiger charge is 2.23. The molecule has 2 N–H and O–H groups in total. The molecule has 0 aliphatic heterocycles. The number of likely N-dealkylation sites (N-methyl/N-ethyl adjacent to an activating group) is 1. The van der Waals surface area contributed by atoms with Gasteiger partial charge in [0.15, 0.2) is 0 Å². The lowest BCUT2D eigenvalue weighted by Gasteiger charge is -2.29. The van der Waals surface area contributed by atoms with Crippen molar-refractivity contribution < 1.29 is 9.53 Å². The van der Waals surface area contributed by atoms with E-state index in [9.17, 15) is 4.79 Å². The summed E-state index contributed by atoms with van der Waals surface area (Å²) < 4.78 is 4.74. The van der Waals surface area contributed by atoms with E-state index in [1.165, 1.54) is 7.11 Å². The van der Waals surface area contributed by atoms with Crippen molar-refractivity contribution in [1.29, 1.82) is 0 Å². The van der Waals surface area contributed by atoms with Crippen LogP contribution in [0.15, 0.2) is 24.3 Å². The maximum atomic E-state index is 11.5. The number of carbonyl (C=O) groups is 1. The predicted octanol–water partition coefficient (Wildman–Crippen LogP) is 1.82. The lowest BCUT2D eigenvalue weighted by Crippen LogP contribution is -2.38. The van der Waals surface area contributed by atoms with Crippen molar-refractivity contribution in [2.45, 2.75) is 25.9 Å². The van der Waals surface area contributed by atoms with Gasteiger partial charge in [-0.2, -0.15) is 0 Å². The molecule has 0 amide bonds. The number of carbonyl (C=O) groups excluding carboxylic acids is 1. The van der Waals surface area contributed by atoms with Crippen LogP contribution in [0, 0.1) is 0 Å². The second-order valence-electron chi connectivity index (χ2n) is 4.21. The van der Waals surface area contributed by atoms with Crippen LogP contribution in [0.5, 0.6) is 0 Å². The molecule has 0 saturated heterocycles. The van der Waals surface area contributed by atoms with Crippen LogP contribution < -0.4 is 5.73 Å². The molecule has 0 fully saturated rings. The Morgan fingerprint density at radius 1 is 1.41 bits per heavy atom. The van der Waals surface area contributed by atoms with E-state index >= 15 is 0 Å². The average molecular weight is 236 g/mol. The van der Waals surface area contributed by atoms with Gasteiger partial charge in [0, 0.05) is 11.7 Å². The van der Waals surface area contributed by atoms with Crippen LogP contribution in [0.4, 0.5) is 5.69 Å².